The zero-order valence-corrected chi connectivity index (χ0v) is 19.9. The zero-order valence-electron chi connectivity index (χ0n) is 19.1. The fourth-order valence-corrected chi connectivity index (χ4v) is 3.56. The highest BCUT2D eigenvalue weighted by Crippen LogP contribution is 2.31. The minimum Gasteiger partial charge on any atom is -0.479 e. The minimum atomic E-state index is -2.46. The molecule has 0 bridgehead atoms. The number of aromatic nitrogens is 2. The summed E-state index contributed by atoms with van der Waals surface area (Å²) >= 11 is 0. The Balaban J connectivity index is 2.44. The summed E-state index contributed by atoms with van der Waals surface area (Å²) in [4.78, 5) is 21.1. The molecule has 0 amide bonds. The number of aliphatic hydroxyl groups excluding tert-OH is 2. The number of unbranched alkanes of at least 4 members (excludes halogenated alkanes) is 1. The number of aliphatic hydroxyl groups is 2. The van der Waals surface area contributed by atoms with Gasteiger partial charge in [-0.15, -0.1) is 0 Å². The highest BCUT2D eigenvalue weighted by atomic mass is 32.2. The average molecular weight is 494 g/mol. The molecule has 0 spiro atoms. The first-order chi connectivity index (χ1) is 16.0. The number of carbonyl (C=O) groups is 1. The maximum absolute atomic E-state index is 13.5. The minimum absolute atomic E-state index is 0.0562. The lowest BCUT2D eigenvalue weighted by atomic mass is 9.97. The van der Waals surface area contributed by atoms with E-state index in [1.54, 1.807) is 18.2 Å². The van der Waals surface area contributed by atoms with E-state index in [-0.39, 0.29) is 18.3 Å². The van der Waals surface area contributed by atoms with E-state index in [0.29, 0.717) is 35.4 Å². The van der Waals surface area contributed by atoms with Gasteiger partial charge in [0.1, 0.15) is 11.3 Å². The fourth-order valence-electron chi connectivity index (χ4n) is 3.21. The van der Waals surface area contributed by atoms with Crippen molar-refractivity contribution in [3.05, 3.63) is 47.4 Å². The molecule has 2 unspecified atom stereocenters. The first-order valence-corrected chi connectivity index (χ1v) is 11.7. The summed E-state index contributed by atoms with van der Waals surface area (Å²) in [7, 11) is -0.948. The third-order valence-corrected chi connectivity index (χ3v) is 5.45. The molecule has 0 fully saturated rings. The molecule has 184 valence electrons. The topological polar surface area (TPSA) is 141 Å². The van der Waals surface area contributed by atoms with E-state index in [2.05, 4.69) is 9.97 Å². The first kappa shape index (κ1) is 27.1. The maximum atomic E-state index is 13.5. The number of aliphatic carboxylic acids is 1. The third kappa shape index (κ3) is 7.44. The lowest BCUT2D eigenvalue weighted by Crippen LogP contribution is -2.33. The Morgan fingerprint density at radius 1 is 1.18 bits per heavy atom. The van der Waals surface area contributed by atoms with E-state index in [0.717, 1.165) is 5.49 Å². The Kier molecular flexibility index (Phi) is 9.84. The molecule has 2 aromatic rings. The Morgan fingerprint density at radius 2 is 1.82 bits per heavy atom. The molecule has 2 atom stereocenters. The predicted octanol–water partition coefficient (Wildman–Crippen LogP) is 2.47. The fraction of sp³-hybridized carbons (Fsp3) is 0.391. The number of carboxylic acid groups (broad SMARTS) is 1. The van der Waals surface area contributed by atoms with Gasteiger partial charge in [-0.3, -0.25) is 0 Å². The van der Waals surface area contributed by atoms with Crippen LogP contribution in [0.25, 0.3) is 17.3 Å². The van der Waals surface area contributed by atoms with Gasteiger partial charge in [-0.1, -0.05) is 26.0 Å². The number of nitrogens with zero attached hydrogens (tertiary/aromatic N) is 3. The van der Waals surface area contributed by atoms with Crippen LogP contribution in [0.5, 0.6) is 0 Å². The summed E-state index contributed by atoms with van der Waals surface area (Å²) in [5, 5.41) is 27.9. The summed E-state index contributed by atoms with van der Waals surface area (Å²) in [5.74, 6) is -1.78. The van der Waals surface area contributed by atoms with Crippen LogP contribution in [-0.2, 0) is 15.1 Å². The molecule has 0 aliphatic carbocycles. The quantitative estimate of drug-likeness (QED) is 0.318. The second-order valence-electron chi connectivity index (χ2n) is 7.99. The Morgan fingerprint density at radius 3 is 2.38 bits per heavy atom. The molecule has 11 heteroatoms. The van der Waals surface area contributed by atoms with E-state index < -0.39 is 34.3 Å². The number of hydrogen-bond donors (Lipinski definition) is 3. The Labute approximate surface area is 198 Å². The van der Waals surface area contributed by atoms with Crippen molar-refractivity contribution >= 4 is 33.8 Å². The van der Waals surface area contributed by atoms with Crippen LogP contribution in [0.15, 0.2) is 30.3 Å². The molecule has 3 N–H and O–H groups in total. The van der Waals surface area contributed by atoms with Gasteiger partial charge in [-0.2, -0.15) is 8.42 Å². The van der Waals surface area contributed by atoms with Crippen molar-refractivity contribution in [3.63, 3.8) is 0 Å². The van der Waals surface area contributed by atoms with Gasteiger partial charge in [-0.25, -0.2) is 19.2 Å². The molecule has 1 aromatic heterocycles. The van der Waals surface area contributed by atoms with Crippen LogP contribution < -0.4 is 4.90 Å². The number of anilines is 1. The largest absolute Gasteiger partial charge is 0.479 e. The van der Waals surface area contributed by atoms with Crippen LogP contribution in [0.4, 0.5) is 10.3 Å². The number of carboxylic acids is 1. The zero-order chi connectivity index (χ0) is 25.4. The van der Waals surface area contributed by atoms with E-state index in [4.69, 9.17) is 5.11 Å². The van der Waals surface area contributed by atoms with E-state index in [9.17, 15) is 27.8 Å². The van der Waals surface area contributed by atoms with Crippen molar-refractivity contribution in [2.75, 3.05) is 11.9 Å². The number of halogens is 1. The molecule has 0 radical (unpaired) electrons. The molecular formula is C23H28FN3O6S. The van der Waals surface area contributed by atoms with Crippen molar-refractivity contribution in [1.82, 2.24) is 9.97 Å². The molecule has 0 saturated carbocycles. The molecular weight excluding hydrogens is 465 g/mol. The van der Waals surface area contributed by atoms with Gasteiger partial charge in [-0.05, 0) is 49.4 Å². The lowest BCUT2D eigenvalue weighted by Gasteiger charge is -2.18. The van der Waals surface area contributed by atoms with Crippen LogP contribution in [0.3, 0.4) is 0 Å². The number of benzene rings is 1. The van der Waals surface area contributed by atoms with Crippen LogP contribution in [0, 0.1) is 5.82 Å². The molecule has 2 rings (SSSR count). The van der Waals surface area contributed by atoms with Crippen molar-refractivity contribution < 1.29 is 32.9 Å². The van der Waals surface area contributed by atoms with Gasteiger partial charge in [0.2, 0.25) is 16.2 Å². The van der Waals surface area contributed by atoms with Gasteiger partial charge in [0.15, 0.2) is 6.10 Å². The molecule has 0 aliphatic heterocycles. The van der Waals surface area contributed by atoms with E-state index >= 15 is 0 Å². The highest BCUT2D eigenvalue weighted by molar-refractivity contribution is 7.71. The molecule has 0 aliphatic rings. The van der Waals surface area contributed by atoms with Crippen molar-refractivity contribution in [2.24, 2.45) is 0 Å². The lowest BCUT2D eigenvalue weighted by molar-refractivity contribution is -0.153. The van der Waals surface area contributed by atoms with Gasteiger partial charge >= 0.3 is 5.97 Å². The maximum Gasteiger partial charge on any atom is 0.335 e. The Bertz CT molecular complexity index is 1160. The summed E-state index contributed by atoms with van der Waals surface area (Å²) in [6.45, 7) is 3.86. The molecule has 1 aromatic carbocycles. The smallest absolute Gasteiger partial charge is 0.335 e. The van der Waals surface area contributed by atoms with Crippen LogP contribution in [0.1, 0.15) is 50.3 Å². The molecule has 0 saturated heterocycles. The molecule has 9 nitrogen and oxygen atoms in total. The average Bonchev–Trinajstić information content (AvgIpc) is 2.77. The number of allylic oxidation sites excluding steroid dienone is 1. The van der Waals surface area contributed by atoms with Crippen LogP contribution >= 0.6 is 0 Å². The van der Waals surface area contributed by atoms with Gasteiger partial charge in [0.05, 0.1) is 17.5 Å². The van der Waals surface area contributed by atoms with Gasteiger partial charge in [0.25, 0.3) is 0 Å². The SMILES string of the molecule is CC(C)c1nc(N(C)C=S(=O)=O)nc(-c2ccc(F)cc2)c1C=CCCCC(O)C(O)C(=O)O. The summed E-state index contributed by atoms with van der Waals surface area (Å²) in [5.41, 5.74) is 3.37. The number of rotatable bonds is 11. The van der Waals surface area contributed by atoms with E-state index in [1.165, 1.54) is 24.1 Å². The van der Waals surface area contributed by atoms with Crippen LogP contribution in [0.2, 0.25) is 0 Å². The normalized spacial score (nSPS) is 13.1. The van der Waals surface area contributed by atoms with Crippen molar-refractivity contribution in [1.29, 1.82) is 0 Å². The summed E-state index contributed by atoms with van der Waals surface area (Å²) in [6, 6.07) is 5.75. The van der Waals surface area contributed by atoms with Gasteiger partial charge < -0.3 is 20.2 Å². The Hall–Kier alpha value is -3.15. The monoisotopic (exact) mass is 493 g/mol. The standard InChI is InChI=1S/C23H28FN3O6S/c1-14(2)19-17(7-5-4-6-8-18(28)21(29)22(30)31)20(15-9-11-16(24)12-10-15)26-23(25-19)27(3)13-34(32)33/h5,7,9-14,18,21,28-29H,4,6,8H2,1-3H3,(H,30,31). The second kappa shape index (κ2) is 12.4. The van der Waals surface area contributed by atoms with E-state index in [1.807, 2.05) is 19.9 Å². The van der Waals surface area contributed by atoms with Crippen LogP contribution in [-0.4, -0.2) is 64.4 Å². The van der Waals surface area contributed by atoms with Gasteiger partial charge in [0, 0.05) is 18.2 Å². The summed E-state index contributed by atoms with van der Waals surface area (Å²) < 4.78 is 35.8. The second-order valence-corrected chi connectivity index (χ2v) is 8.73. The predicted molar refractivity (Wildman–Crippen MR) is 127 cm³/mol. The first-order valence-electron chi connectivity index (χ1n) is 10.6. The highest BCUT2D eigenvalue weighted by Gasteiger charge is 2.22. The van der Waals surface area contributed by atoms with Crippen molar-refractivity contribution in [3.8, 4) is 11.3 Å². The number of hydrogen-bond acceptors (Lipinski definition) is 7. The summed E-state index contributed by atoms with van der Waals surface area (Å²) in [6.07, 6.45) is 1.42. The molecule has 1 heterocycles. The van der Waals surface area contributed by atoms with Crippen molar-refractivity contribution in [2.45, 2.75) is 51.2 Å². The third-order valence-electron chi connectivity index (χ3n) is 4.96. The molecule has 34 heavy (non-hydrogen) atoms.